The standard InChI is InChI=1S/C9H6ClN3O/c10-7-3-5(14)4-13-8(7)6-1-2-11-9(6)12-13/h1-4,14H,(H,11,12). The van der Waals surface area contributed by atoms with Gasteiger partial charge in [0.15, 0.2) is 5.65 Å². The Balaban J connectivity index is 2.62. The van der Waals surface area contributed by atoms with Crippen molar-refractivity contribution in [1.82, 2.24) is 14.6 Å². The van der Waals surface area contributed by atoms with Gasteiger partial charge in [0.25, 0.3) is 0 Å². The van der Waals surface area contributed by atoms with Crippen molar-refractivity contribution in [2.24, 2.45) is 0 Å². The van der Waals surface area contributed by atoms with Crippen molar-refractivity contribution in [3.8, 4) is 5.75 Å². The van der Waals surface area contributed by atoms with E-state index in [1.54, 1.807) is 10.7 Å². The Morgan fingerprint density at radius 2 is 2.36 bits per heavy atom. The van der Waals surface area contributed by atoms with Crippen LogP contribution >= 0.6 is 11.6 Å². The summed E-state index contributed by atoms with van der Waals surface area (Å²) in [4.78, 5) is 2.98. The second kappa shape index (κ2) is 2.42. The molecule has 0 saturated heterocycles. The van der Waals surface area contributed by atoms with Gasteiger partial charge in [-0.3, -0.25) is 0 Å². The lowest BCUT2D eigenvalue weighted by Gasteiger charge is -1.97. The lowest BCUT2D eigenvalue weighted by molar-refractivity contribution is 0.471. The fourth-order valence-electron chi connectivity index (χ4n) is 1.61. The zero-order chi connectivity index (χ0) is 9.71. The van der Waals surface area contributed by atoms with Crippen LogP contribution in [0.3, 0.4) is 0 Å². The average Bonchev–Trinajstić information content (AvgIpc) is 2.60. The Morgan fingerprint density at radius 3 is 3.21 bits per heavy atom. The Bertz CT molecular complexity index is 625. The first-order chi connectivity index (χ1) is 6.75. The predicted octanol–water partition coefficient (Wildman–Crippen LogP) is 2.17. The summed E-state index contributed by atoms with van der Waals surface area (Å²) < 4.78 is 1.57. The number of H-pyrrole nitrogens is 1. The maximum atomic E-state index is 9.32. The van der Waals surface area contributed by atoms with E-state index < -0.39 is 0 Å². The molecule has 0 bridgehead atoms. The third-order valence-electron chi connectivity index (χ3n) is 2.17. The van der Waals surface area contributed by atoms with Crippen LogP contribution in [0.5, 0.6) is 5.75 Å². The van der Waals surface area contributed by atoms with Crippen molar-refractivity contribution in [3.05, 3.63) is 29.5 Å². The summed E-state index contributed by atoms with van der Waals surface area (Å²) in [6.45, 7) is 0. The van der Waals surface area contributed by atoms with Crippen molar-refractivity contribution in [2.45, 2.75) is 0 Å². The molecule has 3 rings (SSSR count). The van der Waals surface area contributed by atoms with Crippen molar-refractivity contribution in [2.75, 3.05) is 0 Å². The molecule has 0 aliphatic carbocycles. The summed E-state index contributed by atoms with van der Waals surface area (Å²) in [5.41, 5.74) is 1.57. The molecule has 3 aromatic rings. The van der Waals surface area contributed by atoms with Crippen molar-refractivity contribution >= 4 is 28.2 Å². The molecule has 0 radical (unpaired) electrons. The molecule has 0 spiro atoms. The summed E-state index contributed by atoms with van der Waals surface area (Å²) >= 11 is 6.00. The largest absolute Gasteiger partial charge is 0.506 e. The van der Waals surface area contributed by atoms with Gasteiger partial charge < -0.3 is 10.1 Å². The highest BCUT2D eigenvalue weighted by atomic mass is 35.5. The highest BCUT2D eigenvalue weighted by Gasteiger charge is 2.09. The lowest BCUT2D eigenvalue weighted by atomic mass is 10.3. The molecule has 5 heteroatoms. The Hall–Kier alpha value is -1.68. The number of halogens is 1. The highest BCUT2D eigenvalue weighted by molar-refractivity contribution is 6.35. The molecule has 3 heterocycles. The van der Waals surface area contributed by atoms with Crippen LogP contribution in [-0.2, 0) is 0 Å². The first kappa shape index (κ1) is 7.70. The maximum absolute atomic E-state index is 9.32. The third kappa shape index (κ3) is 0.858. The summed E-state index contributed by atoms with van der Waals surface area (Å²) in [5.74, 6) is 0.104. The zero-order valence-corrected chi connectivity index (χ0v) is 7.78. The van der Waals surface area contributed by atoms with Crippen molar-refractivity contribution < 1.29 is 5.11 Å². The smallest absolute Gasteiger partial charge is 0.160 e. The quantitative estimate of drug-likeness (QED) is 0.594. The molecule has 4 nitrogen and oxygen atoms in total. The minimum absolute atomic E-state index is 0.104. The summed E-state index contributed by atoms with van der Waals surface area (Å²) in [5, 5.41) is 15.0. The average molecular weight is 208 g/mol. The third-order valence-corrected chi connectivity index (χ3v) is 2.46. The topological polar surface area (TPSA) is 53.3 Å². The second-order valence-corrected chi connectivity index (χ2v) is 3.49. The number of nitrogens with zero attached hydrogens (tertiary/aromatic N) is 2. The summed E-state index contributed by atoms with van der Waals surface area (Å²) in [6, 6.07) is 3.41. The van der Waals surface area contributed by atoms with Crippen LogP contribution in [-0.4, -0.2) is 19.7 Å². The minimum Gasteiger partial charge on any atom is -0.506 e. The molecule has 0 atom stereocenters. The van der Waals surface area contributed by atoms with E-state index in [1.165, 1.54) is 12.3 Å². The van der Waals surface area contributed by atoms with E-state index in [4.69, 9.17) is 11.6 Å². The molecule has 0 aromatic carbocycles. The molecule has 0 saturated carbocycles. The lowest BCUT2D eigenvalue weighted by Crippen LogP contribution is -1.86. The SMILES string of the molecule is Oc1cc(Cl)c2c3cc[nH]c3nn2c1. The number of hydrogen-bond donors (Lipinski definition) is 2. The summed E-state index contributed by atoms with van der Waals surface area (Å²) in [6.07, 6.45) is 3.33. The van der Waals surface area contributed by atoms with Crippen LogP contribution in [0.4, 0.5) is 0 Å². The molecule has 0 fully saturated rings. The molecule has 0 amide bonds. The highest BCUT2D eigenvalue weighted by Crippen LogP contribution is 2.28. The van der Waals surface area contributed by atoms with Crippen LogP contribution in [0.15, 0.2) is 24.5 Å². The van der Waals surface area contributed by atoms with Gasteiger partial charge in [0.1, 0.15) is 5.75 Å². The van der Waals surface area contributed by atoms with E-state index >= 15 is 0 Å². The fraction of sp³-hybridized carbons (Fsp3) is 0. The van der Waals surface area contributed by atoms with Gasteiger partial charge in [-0.2, -0.15) is 0 Å². The van der Waals surface area contributed by atoms with E-state index in [0.717, 1.165) is 16.6 Å². The summed E-state index contributed by atoms with van der Waals surface area (Å²) in [7, 11) is 0. The van der Waals surface area contributed by atoms with E-state index in [-0.39, 0.29) is 5.75 Å². The normalized spacial score (nSPS) is 11.5. The van der Waals surface area contributed by atoms with Gasteiger partial charge in [-0.05, 0) is 6.07 Å². The van der Waals surface area contributed by atoms with Crippen LogP contribution in [0.25, 0.3) is 16.6 Å². The Morgan fingerprint density at radius 1 is 1.50 bits per heavy atom. The number of nitrogens with one attached hydrogen (secondary N) is 1. The maximum Gasteiger partial charge on any atom is 0.160 e. The van der Waals surface area contributed by atoms with Gasteiger partial charge in [0.05, 0.1) is 16.7 Å². The van der Waals surface area contributed by atoms with Gasteiger partial charge >= 0.3 is 0 Å². The fourth-order valence-corrected chi connectivity index (χ4v) is 1.91. The number of aromatic nitrogens is 3. The van der Waals surface area contributed by atoms with Crippen LogP contribution in [0, 0.1) is 0 Å². The predicted molar refractivity (Wildman–Crippen MR) is 53.7 cm³/mol. The van der Waals surface area contributed by atoms with Crippen molar-refractivity contribution in [3.63, 3.8) is 0 Å². The first-order valence-corrected chi connectivity index (χ1v) is 4.47. The number of hydrogen-bond acceptors (Lipinski definition) is 2. The van der Waals surface area contributed by atoms with Crippen LogP contribution in [0.1, 0.15) is 0 Å². The van der Waals surface area contributed by atoms with Crippen LogP contribution < -0.4 is 0 Å². The van der Waals surface area contributed by atoms with Gasteiger partial charge in [-0.1, -0.05) is 11.6 Å². The molecule has 70 valence electrons. The van der Waals surface area contributed by atoms with Crippen molar-refractivity contribution in [1.29, 1.82) is 0 Å². The molecular weight excluding hydrogens is 202 g/mol. The molecular formula is C9H6ClN3O. The van der Waals surface area contributed by atoms with Gasteiger partial charge in [0.2, 0.25) is 0 Å². The number of fused-ring (bicyclic) bond motifs is 3. The van der Waals surface area contributed by atoms with E-state index in [2.05, 4.69) is 10.1 Å². The number of pyridine rings is 1. The zero-order valence-electron chi connectivity index (χ0n) is 7.03. The molecule has 14 heavy (non-hydrogen) atoms. The van der Waals surface area contributed by atoms with Crippen LogP contribution in [0.2, 0.25) is 5.02 Å². The molecule has 0 unspecified atom stereocenters. The minimum atomic E-state index is 0.104. The van der Waals surface area contributed by atoms with E-state index in [1.807, 2.05) is 6.07 Å². The molecule has 0 aliphatic rings. The molecule has 2 N–H and O–H groups in total. The number of aromatic amines is 1. The van der Waals surface area contributed by atoms with E-state index in [0.29, 0.717) is 5.02 Å². The number of rotatable bonds is 0. The second-order valence-electron chi connectivity index (χ2n) is 3.08. The Kier molecular flexibility index (Phi) is 1.33. The molecule has 3 aromatic heterocycles. The monoisotopic (exact) mass is 207 g/mol. The Labute approximate surface area is 83.7 Å². The van der Waals surface area contributed by atoms with Gasteiger partial charge in [0, 0.05) is 17.6 Å². The first-order valence-electron chi connectivity index (χ1n) is 4.09. The molecule has 0 aliphatic heterocycles. The van der Waals surface area contributed by atoms with Gasteiger partial charge in [-0.25, -0.2) is 4.52 Å². The number of aromatic hydroxyl groups is 1. The van der Waals surface area contributed by atoms with Gasteiger partial charge in [-0.15, -0.1) is 5.10 Å². The van der Waals surface area contributed by atoms with E-state index in [9.17, 15) is 5.11 Å².